The van der Waals surface area contributed by atoms with Crippen molar-refractivity contribution in [3.63, 3.8) is 0 Å². The monoisotopic (exact) mass is 205 g/mol. The number of ketones is 1. The fourth-order valence-corrected chi connectivity index (χ4v) is 1.63. The molecule has 0 saturated heterocycles. The van der Waals surface area contributed by atoms with Gasteiger partial charge in [-0.15, -0.1) is 0 Å². The van der Waals surface area contributed by atoms with Gasteiger partial charge in [-0.05, 0) is 23.8 Å². The molecule has 2 aromatic rings. The lowest BCUT2D eigenvalue weighted by Crippen LogP contribution is -1.99. The summed E-state index contributed by atoms with van der Waals surface area (Å²) in [6, 6.07) is 4.55. The van der Waals surface area contributed by atoms with Gasteiger partial charge >= 0.3 is 0 Å². The maximum absolute atomic E-state index is 13.0. The van der Waals surface area contributed by atoms with Gasteiger partial charge in [0.2, 0.25) is 0 Å². The van der Waals surface area contributed by atoms with E-state index in [1.807, 2.05) is 6.92 Å². The molecule has 0 saturated carbocycles. The van der Waals surface area contributed by atoms with Crippen molar-refractivity contribution < 1.29 is 9.18 Å². The molecule has 3 heteroatoms. The number of H-pyrrole nitrogens is 1. The molecule has 0 spiro atoms. The summed E-state index contributed by atoms with van der Waals surface area (Å²) in [6.07, 6.45) is 2.67. The van der Waals surface area contributed by atoms with E-state index in [1.54, 1.807) is 12.3 Å². The lowest BCUT2D eigenvalue weighted by molar-refractivity contribution is -0.118. The van der Waals surface area contributed by atoms with Gasteiger partial charge in [0.15, 0.2) is 0 Å². The standard InChI is InChI=1S/C12H12FNO/c1-2-10(15)5-8-7-14-12-4-3-9(13)6-11(8)12/h3-4,6-7,14H,2,5H2,1H3. The molecule has 1 heterocycles. The minimum Gasteiger partial charge on any atom is -0.361 e. The third kappa shape index (κ3) is 1.91. The third-order valence-corrected chi connectivity index (χ3v) is 2.51. The van der Waals surface area contributed by atoms with Crippen LogP contribution in [0.4, 0.5) is 4.39 Å². The van der Waals surface area contributed by atoms with Crippen LogP contribution >= 0.6 is 0 Å². The summed E-state index contributed by atoms with van der Waals surface area (Å²) in [5, 5.41) is 0.803. The Labute approximate surface area is 87.1 Å². The molecule has 1 aromatic carbocycles. The van der Waals surface area contributed by atoms with Crippen molar-refractivity contribution in [1.82, 2.24) is 4.98 Å². The van der Waals surface area contributed by atoms with Crippen molar-refractivity contribution in [2.75, 3.05) is 0 Å². The highest BCUT2D eigenvalue weighted by Crippen LogP contribution is 2.20. The van der Waals surface area contributed by atoms with Gasteiger partial charge in [-0.25, -0.2) is 4.39 Å². The molecule has 0 unspecified atom stereocenters. The van der Waals surface area contributed by atoms with Crippen LogP contribution in [-0.4, -0.2) is 10.8 Å². The Balaban J connectivity index is 2.43. The molecule has 0 fully saturated rings. The molecule has 2 nitrogen and oxygen atoms in total. The largest absolute Gasteiger partial charge is 0.361 e. The predicted molar refractivity (Wildman–Crippen MR) is 57.3 cm³/mol. The molecule has 1 N–H and O–H groups in total. The molecule has 1 aromatic heterocycles. The SMILES string of the molecule is CCC(=O)Cc1c[nH]c2ccc(F)cc12. The number of fused-ring (bicyclic) bond motifs is 1. The molecular formula is C12H12FNO. The summed E-state index contributed by atoms with van der Waals surface area (Å²) < 4.78 is 13.0. The number of carbonyl (C=O) groups is 1. The highest BCUT2D eigenvalue weighted by Gasteiger charge is 2.07. The van der Waals surface area contributed by atoms with Gasteiger partial charge in [0.1, 0.15) is 11.6 Å². The summed E-state index contributed by atoms with van der Waals surface area (Å²) in [5.74, 6) is -0.104. The minimum atomic E-state index is -0.271. The van der Waals surface area contributed by atoms with Crippen LogP contribution in [0.3, 0.4) is 0 Å². The lowest BCUT2D eigenvalue weighted by Gasteiger charge is -1.96. The number of hydrogen-bond donors (Lipinski definition) is 1. The van der Waals surface area contributed by atoms with Crippen molar-refractivity contribution in [2.24, 2.45) is 0 Å². The Kier molecular flexibility index (Phi) is 2.54. The van der Waals surface area contributed by atoms with Crippen molar-refractivity contribution in [2.45, 2.75) is 19.8 Å². The van der Waals surface area contributed by atoms with E-state index in [4.69, 9.17) is 0 Å². The molecule has 0 atom stereocenters. The summed E-state index contributed by atoms with van der Waals surface area (Å²) >= 11 is 0. The number of halogens is 1. The average molecular weight is 205 g/mol. The molecule has 2 rings (SSSR count). The van der Waals surface area contributed by atoms with Crippen LogP contribution in [0.25, 0.3) is 10.9 Å². The Morgan fingerprint density at radius 1 is 1.47 bits per heavy atom. The Bertz CT molecular complexity index is 501. The normalized spacial score (nSPS) is 10.8. The van der Waals surface area contributed by atoms with Gasteiger partial charge < -0.3 is 4.98 Å². The zero-order valence-electron chi connectivity index (χ0n) is 8.51. The summed E-state index contributed by atoms with van der Waals surface area (Å²) in [4.78, 5) is 14.3. The van der Waals surface area contributed by atoms with E-state index in [-0.39, 0.29) is 11.6 Å². The second-order valence-corrected chi connectivity index (χ2v) is 3.57. The van der Waals surface area contributed by atoms with Crippen molar-refractivity contribution in [3.8, 4) is 0 Å². The number of nitrogens with one attached hydrogen (secondary N) is 1. The highest BCUT2D eigenvalue weighted by atomic mass is 19.1. The minimum absolute atomic E-state index is 0.167. The zero-order chi connectivity index (χ0) is 10.8. The molecule has 0 radical (unpaired) electrons. The Morgan fingerprint density at radius 3 is 3.00 bits per heavy atom. The molecule has 0 bridgehead atoms. The zero-order valence-corrected chi connectivity index (χ0v) is 8.51. The number of hydrogen-bond acceptors (Lipinski definition) is 1. The van der Waals surface area contributed by atoms with E-state index in [1.165, 1.54) is 12.1 Å². The van der Waals surface area contributed by atoms with E-state index in [9.17, 15) is 9.18 Å². The number of aromatic amines is 1. The number of aromatic nitrogens is 1. The fourth-order valence-electron chi connectivity index (χ4n) is 1.63. The molecule has 78 valence electrons. The van der Waals surface area contributed by atoms with Crippen molar-refractivity contribution in [3.05, 3.63) is 35.8 Å². The van der Waals surface area contributed by atoms with Crippen LogP contribution in [-0.2, 0) is 11.2 Å². The van der Waals surface area contributed by atoms with Gasteiger partial charge in [0, 0.05) is 29.9 Å². The number of rotatable bonds is 3. The first-order valence-corrected chi connectivity index (χ1v) is 4.98. The van der Waals surface area contributed by atoms with Crippen LogP contribution in [0.5, 0.6) is 0 Å². The Morgan fingerprint density at radius 2 is 2.27 bits per heavy atom. The quantitative estimate of drug-likeness (QED) is 0.821. The average Bonchev–Trinajstić information content (AvgIpc) is 2.61. The fraction of sp³-hybridized carbons (Fsp3) is 0.250. The van der Waals surface area contributed by atoms with Crippen LogP contribution < -0.4 is 0 Å². The smallest absolute Gasteiger partial charge is 0.137 e. The lowest BCUT2D eigenvalue weighted by atomic mass is 10.1. The third-order valence-electron chi connectivity index (χ3n) is 2.51. The van der Waals surface area contributed by atoms with E-state index in [0.29, 0.717) is 12.8 Å². The second-order valence-electron chi connectivity index (χ2n) is 3.57. The second kappa shape index (κ2) is 3.85. The molecule has 15 heavy (non-hydrogen) atoms. The predicted octanol–water partition coefficient (Wildman–Crippen LogP) is 2.83. The van der Waals surface area contributed by atoms with E-state index >= 15 is 0 Å². The molecule has 0 aliphatic heterocycles. The topological polar surface area (TPSA) is 32.9 Å². The van der Waals surface area contributed by atoms with Gasteiger partial charge in [0.25, 0.3) is 0 Å². The number of Topliss-reactive ketones (excluding diaryl/α,β-unsaturated/α-hetero) is 1. The molecule has 0 amide bonds. The van der Waals surface area contributed by atoms with Crippen LogP contribution in [0.1, 0.15) is 18.9 Å². The van der Waals surface area contributed by atoms with Gasteiger partial charge in [-0.2, -0.15) is 0 Å². The van der Waals surface area contributed by atoms with E-state index < -0.39 is 0 Å². The molecule has 0 aliphatic rings. The molecular weight excluding hydrogens is 193 g/mol. The van der Waals surface area contributed by atoms with Gasteiger partial charge in [0.05, 0.1) is 0 Å². The Hall–Kier alpha value is -1.64. The van der Waals surface area contributed by atoms with Gasteiger partial charge in [-0.1, -0.05) is 6.92 Å². The van der Waals surface area contributed by atoms with Crippen molar-refractivity contribution in [1.29, 1.82) is 0 Å². The summed E-state index contributed by atoms with van der Waals surface area (Å²) in [7, 11) is 0. The van der Waals surface area contributed by atoms with E-state index in [0.717, 1.165) is 16.5 Å². The van der Waals surface area contributed by atoms with Crippen LogP contribution in [0.15, 0.2) is 24.4 Å². The molecule has 0 aliphatic carbocycles. The first-order chi connectivity index (χ1) is 7.20. The van der Waals surface area contributed by atoms with Crippen LogP contribution in [0.2, 0.25) is 0 Å². The first-order valence-electron chi connectivity index (χ1n) is 4.98. The maximum Gasteiger partial charge on any atom is 0.137 e. The van der Waals surface area contributed by atoms with Gasteiger partial charge in [-0.3, -0.25) is 4.79 Å². The summed E-state index contributed by atoms with van der Waals surface area (Å²) in [6.45, 7) is 1.83. The number of carbonyl (C=O) groups excluding carboxylic acids is 1. The first kappa shape index (κ1) is 9.90. The number of benzene rings is 1. The van der Waals surface area contributed by atoms with Crippen molar-refractivity contribution >= 4 is 16.7 Å². The maximum atomic E-state index is 13.0. The summed E-state index contributed by atoms with van der Waals surface area (Å²) in [5.41, 5.74) is 1.74. The highest BCUT2D eigenvalue weighted by molar-refractivity contribution is 5.89. The van der Waals surface area contributed by atoms with E-state index in [2.05, 4.69) is 4.98 Å². The van der Waals surface area contributed by atoms with Crippen LogP contribution in [0, 0.1) is 5.82 Å².